The van der Waals surface area contributed by atoms with Crippen molar-refractivity contribution in [3.8, 4) is 0 Å². The summed E-state index contributed by atoms with van der Waals surface area (Å²) in [5.74, 6) is -0.502. The fourth-order valence-electron chi connectivity index (χ4n) is 3.30. The Kier molecular flexibility index (Phi) is 3.58. The average Bonchev–Trinajstić information content (AvgIpc) is 2.89. The molecule has 1 heterocycles. The smallest absolute Gasteiger partial charge is 0.384 e. The molecule has 0 spiro atoms. The maximum atomic E-state index is 13.1. The second kappa shape index (κ2) is 5.53. The van der Waals surface area contributed by atoms with Crippen molar-refractivity contribution in [2.45, 2.75) is 11.1 Å². The third kappa shape index (κ3) is 2.49. The number of nitrogens with zero attached hydrogens (tertiary/aromatic N) is 1. The molecule has 27 heavy (non-hydrogen) atoms. The van der Waals surface area contributed by atoms with Crippen LogP contribution in [0.4, 0.5) is 13.2 Å². The number of alkyl halides is 3. The van der Waals surface area contributed by atoms with Gasteiger partial charge < -0.3 is 5.32 Å². The third-order valence-corrected chi connectivity index (χ3v) is 5.76. The molecule has 1 aliphatic carbocycles. The predicted octanol–water partition coefficient (Wildman–Crippen LogP) is 3.02. The molecule has 1 N–H and O–H groups in total. The highest BCUT2D eigenvalue weighted by molar-refractivity contribution is 7.90. The molecule has 138 valence electrons. The highest BCUT2D eigenvalue weighted by Crippen LogP contribution is 2.41. The Hall–Kier alpha value is -2.94. The van der Waals surface area contributed by atoms with E-state index in [1.54, 1.807) is 0 Å². The molecule has 1 aliphatic heterocycles. The predicted molar refractivity (Wildman–Crippen MR) is 91.9 cm³/mol. The van der Waals surface area contributed by atoms with Gasteiger partial charge in [0.15, 0.2) is 0 Å². The van der Waals surface area contributed by atoms with Crippen molar-refractivity contribution in [3.05, 3.63) is 70.4 Å². The van der Waals surface area contributed by atoms with Crippen LogP contribution in [0.1, 0.15) is 27.0 Å². The van der Waals surface area contributed by atoms with Crippen LogP contribution in [0.25, 0.3) is 5.57 Å². The number of likely N-dealkylation sites (N-methyl/N-ethyl adjacent to an activating group) is 1. The molecule has 2 aliphatic rings. The average molecular weight is 392 g/mol. The molecule has 0 aromatic heterocycles. The molecule has 0 radical (unpaired) electrons. The van der Waals surface area contributed by atoms with E-state index in [1.807, 2.05) is 0 Å². The van der Waals surface area contributed by atoms with E-state index >= 15 is 0 Å². The van der Waals surface area contributed by atoms with Crippen LogP contribution >= 0.6 is 0 Å². The molecule has 0 atom stereocenters. The Bertz CT molecular complexity index is 1180. The van der Waals surface area contributed by atoms with Gasteiger partial charge >= 0.3 is 6.18 Å². The lowest BCUT2D eigenvalue weighted by Gasteiger charge is -2.22. The van der Waals surface area contributed by atoms with E-state index in [0.717, 1.165) is 12.1 Å². The van der Waals surface area contributed by atoms with Gasteiger partial charge in [-0.05, 0) is 23.8 Å². The summed E-state index contributed by atoms with van der Waals surface area (Å²) < 4.78 is 67.9. The number of carbonyl (C=O) groups excluding carboxylic acids is 1. The van der Waals surface area contributed by atoms with E-state index in [9.17, 15) is 26.4 Å². The zero-order valence-corrected chi connectivity index (χ0v) is 14.6. The van der Waals surface area contributed by atoms with Crippen molar-refractivity contribution in [3.63, 3.8) is 0 Å². The number of allylic oxidation sites excluding steroid dienone is 2. The number of sulfonamides is 1. The fraction of sp³-hybridized carbons (Fsp3) is 0.111. The molecule has 0 unspecified atom stereocenters. The standard InChI is InChI=1S/C18H11F3N2O3S/c1-22-16-13(9-4-2-5-10(8-9)18(19,20)21)15-14-11(17(16)24)6-3-7-12(14)27(25,26)23-15/h2-8,22H,1H3. The number of rotatable bonds is 2. The number of ketones is 1. The molecule has 0 saturated carbocycles. The van der Waals surface area contributed by atoms with Gasteiger partial charge in [0.1, 0.15) is 0 Å². The Morgan fingerprint density at radius 2 is 1.78 bits per heavy atom. The maximum absolute atomic E-state index is 13.1. The van der Waals surface area contributed by atoms with Crippen molar-refractivity contribution in [1.82, 2.24) is 5.32 Å². The maximum Gasteiger partial charge on any atom is 0.416 e. The second-order valence-electron chi connectivity index (χ2n) is 6.00. The van der Waals surface area contributed by atoms with Crippen molar-refractivity contribution in [1.29, 1.82) is 0 Å². The Labute approximate surface area is 152 Å². The minimum Gasteiger partial charge on any atom is -0.384 e. The molecular formula is C18H11F3N2O3S. The van der Waals surface area contributed by atoms with Gasteiger partial charge in [-0.3, -0.25) is 4.79 Å². The number of benzene rings is 2. The first-order valence-electron chi connectivity index (χ1n) is 7.78. The van der Waals surface area contributed by atoms with Crippen molar-refractivity contribution >= 4 is 27.1 Å². The van der Waals surface area contributed by atoms with Gasteiger partial charge in [-0.1, -0.05) is 24.3 Å². The van der Waals surface area contributed by atoms with Gasteiger partial charge in [0.05, 0.1) is 21.9 Å². The summed E-state index contributed by atoms with van der Waals surface area (Å²) in [4.78, 5) is 12.7. The lowest BCUT2D eigenvalue weighted by Crippen LogP contribution is -2.28. The Morgan fingerprint density at radius 3 is 2.44 bits per heavy atom. The van der Waals surface area contributed by atoms with E-state index in [-0.39, 0.29) is 38.6 Å². The molecule has 2 aromatic rings. The van der Waals surface area contributed by atoms with Crippen LogP contribution in [0.2, 0.25) is 0 Å². The van der Waals surface area contributed by atoms with Gasteiger partial charge in [-0.2, -0.15) is 26.0 Å². The lowest BCUT2D eigenvalue weighted by molar-refractivity contribution is -0.137. The first kappa shape index (κ1) is 17.5. The minimum atomic E-state index is -4.58. The normalized spacial score (nSPS) is 17.6. The second-order valence-corrected chi connectivity index (χ2v) is 7.57. The molecule has 4 rings (SSSR count). The topological polar surface area (TPSA) is 75.6 Å². The molecule has 9 heteroatoms. The van der Waals surface area contributed by atoms with Gasteiger partial charge in [0, 0.05) is 23.7 Å². The first-order chi connectivity index (χ1) is 12.6. The van der Waals surface area contributed by atoms with Gasteiger partial charge in [0.25, 0.3) is 10.0 Å². The van der Waals surface area contributed by atoms with Crippen molar-refractivity contribution in [2.75, 3.05) is 7.05 Å². The largest absolute Gasteiger partial charge is 0.416 e. The van der Waals surface area contributed by atoms with Crippen molar-refractivity contribution < 1.29 is 26.4 Å². The highest BCUT2D eigenvalue weighted by atomic mass is 32.2. The molecule has 0 saturated heterocycles. The number of nitrogens with one attached hydrogen (secondary N) is 1. The summed E-state index contributed by atoms with van der Waals surface area (Å²) in [7, 11) is -2.59. The van der Waals surface area contributed by atoms with E-state index < -0.39 is 27.5 Å². The molecular weight excluding hydrogens is 381 g/mol. The van der Waals surface area contributed by atoms with Gasteiger partial charge in [0.2, 0.25) is 5.78 Å². The van der Waals surface area contributed by atoms with Crippen LogP contribution in [0.15, 0.2) is 57.5 Å². The zero-order chi connectivity index (χ0) is 19.6. The number of Topliss-reactive ketones (excluding diaryl/α,β-unsaturated/α-hetero) is 1. The molecule has 0 amide bonds. The SMILES string of the molecule is CNC1=C(c2cccc(C(F)(F)F)c2)C2=NS(=O)(=O)c3cccc(c32)C1=O. The zero-order valence-electron chi connectivity index (χ0n) is 13.8. The molecule has 0 fully saturated rings. The van der Waals surface area contributed by atoms with Crippen LogP contribution < -0.4 is 5.32 Å². The van der Waals surface area contributed by atoms with E-state index in [2.05, 4.69) is 9.71 Å². The van der Waals surface area contributed by atoms with Crippen molar-refractivity contribution in [2.24, 2.45) is 4.40 Å². The number of hydrogen-bond acceptors (Lipinski definition) is 4. The number of carbonyl (C=O) groups is 1. The Morgan fingerprint density at radius 1 is 1.07 bits per heavy atom. The number of halogens is 3. The summed E-state index contributed by atoms with van der Waals surface area (Å²) in [6, 6.07) is 8.60. The summed E-state index contributed by atoms with van der Waals surface area (Å²) in [6.07, 6.45) is -4.58. The third-order valence-electron chi connectivity index (χ3n) is 4.44. The summed E-state index contributed by atoms with van der Waals surface area (Å²) in [5, 5.41) is 2.69. The quantitative estimate of drug-likeness (QED) is 0.853. The lowest BCUT2D eigenvalue weighted by atomic mass is 9.83. The molecule has 2 aromatic carbocycles. The van der Waals surface area contributed by atoms with Gasteiger partial charge in [-0.15, -0.1) is 0 Å². The van der Waals surface area contributed by atoms with Crippen LogP contribution in [0.3, 0.4) is 0 Å². The van der Waals surface area contributed by atoms with Crippen LogP contribution in [-0.2, 0) is 16.2 Å². The minimum absolute atomic E-state index is 0.00479. The molecule has 0 bridgehead atoms. The summed E-state index contributed by atoms with van der Waals surface area (Å²) in [6.45, 7) is 0. The van der Waals surface area contributed by atoms with Gasteiger partial charge in [-0.25, -0.2) is 0 Å². The van der Waals surface area contributed by atoms with Crippen LogP contribution in [-0.4, -0.2) is 27.0 Å². The number of hydrogen-bond donors (Lipinski definition) is 1. The monoisotopic (exact) mass is 392 g/mol. The van der Waals surface area contributed by atoms with E-state index in [1.165, 1.54) is 37.4 Å². The Balaban J connectivity index is 2.06. The first-order valence-corrected chi connectivity index (χ1v) is 9.22. The van der Waals surface area contributed by atoms with Crippen LogP contribution in [0.5, 0.6) is 0 Å². The van der Waals surface area contributed by atoms with E-state index in [0.29, 0.717) is 0 Å². The highest BCUT2D eigenvalue weighted by Gasteiger charge is 2.41. The summed E-state index contributed by atoms with van der Waals surface area (Å²) >= 11 is 0. The van der Waals surface area contributed by atoms with Crippen LogP contribution in [0, 0.1) is 0 Å². The summed E-state index contributed by atoms with van der Waals surface area (Å²) in [5.41, 5.74) is -0.565. The fourth-order valence-corrected chi connectivity index (χ4v) is 4.54. The molecule has 5 nitrogen and oxygen atoms in total. The van der Waals surface area contributed by atoms with E-state index in [4.69, 9.17) is 0 Å².